The Morgan fingerprint density at radius 3 is 2.60 bits per heavy atom. The number of ether oxygens (including phenoxy) is 1. The molecule has 2 aromatic rings. The van der Waals surface area contributed by atoms with Crippen LogP contribution in [-0.4, -0.2) is 56.1 Å². The fourth-order valence-electron chi connectivity index (χ4n) is 4.15. The molecule has 0 radical (unpaired) electrons. The third-order valence-corrected chi connectivity index (χ3v) is 5.83. The number of carbonyl (C=O) groups is 2. The first-order valence-electron chi connectivity index (χ1n) is 10.7. The SMILES string of the molecule is O=C(Nc1cccc(N2CCOCC2)c1)C1CCCN(C(=O)Cc2ccccc2)C1. The van der Waals surface area contributed by atoms with Crippen molar-refractivity contribution in [2.75, 3.05) is 49.6 Å². The molecule has 4 rings (SSSR count). The van der Waals surface area contributed by atoms with Crippen LogP contribution in [0, 0.1) is 5.92 Å². The van der Waals surface area contributed by atoms with E-state index in [1.165, 1.54) is 0 Å². The lowest BCUT2D eigenvalue weighted by Gasteiger charge is -2.32. The summed E-state index contributed by atoms with van der Waals surface area (Å²) in [4.78, 5) is 29.7. The molecule has 0 aromatic heterocycles. The van der Waals surface area contributed by atoms with E-state index >= 15 is 0 Å². The maximum absolute atomic E-state index is 12.9. The molecule has 0 bridgehead atoms. The van der Waals surface area contributed by atoms with Crippen LogP contribution in [0.15, 0.2) is 54.6 Å². The van der Waals surface area contributed by atoms with E-state index in [0.717, 1.165) is 62.6 Å². The quantitative estimate of drug-likeness (QED) is 0.828. The molecule has 1 atom stereocenters. The Kier molecular flexibility index (Phi) is 6.64. The number of likely N-dealkylation sites (tertiary alicyclic amines) is 1. The third kappa shape index (κ3) is 5.19. The van der Waals surface area contributed by atoms with E-state index < -0.39 is 0 Å². The Hall–Kier alpha value is -2.86. The first-order chi connectivity index (χ1) is 14.7. The molecule has 6 heteroatoms. The number of nitrogens with zero attached hydrogens (tertiary/aromatic N) is 2. The summed E-state index contributed by atoms with van der Waals surface area (Å²) in [7, 11) is 0. The molecule has 2 aliphatic rings. The van der Waals surface area contributed by atoms with E-state index in [0.29, 0.717) is 13.0 Å². The van der Waals surface area contributed by atoms with Crippen LogP contribution in [0.1, 0.15) is 18.4 Å². The van der Waals surface area contributed by atoms with Crippen LogP contribution in [0.5, 0.6) is 0 Å². The molecule has 0 aliphatic carbocycles. The van der Waals surface area contributed by atoms with Crippen molar-refractivity contribution in [3.63, 3.8) is 0 Å². The second-order valence-electron chi connectivity index (χ2n) is 7.98. The van der Waals surface area contributed by atoms with E-state index in [9.17, 15) is 9.59 Å². The number of nitrogens with one attached hydrogen (secondary N) is 1. The highest BCUT2D eigenvalue weighted by molar-refractivity contribution is 5.93. The summed E-state index contributed by atoms with van der Waals surface area (Å²) in [6.07, 6.45) is 2.05. The average Bonchev–Trinajstić information content (AvgIpc) is 2.80. The van der Waals surface area contributed by atoms with Gasteiger partial charge in [0.1, 0.15) is 0 Å². The van der Waals surface area contributed by atoms with Gasteiger partial charge in [0.15, 0.2) is 0 Å². The molecular formula is C24H29N3O3. The van der Waals surface area contributed by atoms with Gasteiger partial charge in [-0.15, -0.1) is 0 Å². The zero-order valence-electron chi connectivity index (χ0n) is 17.3. The summed E-state index contributed by atoms with van der Waals surface area (Å²) in [5.74, 6) is -0.0927. The number of amides is 2. The van der Waals surface area contributed by atoms with E-state index in [4.69, 9.17) is 4.74 Å². The topological polar surface area (TPSA) is 61.9 Å². The molecule has 1 N–H and O–H groups in total. The molecule has 2 fully saturated rings. The zero-order chi connectivity index (χ0) is 20.8. The smallest absolute Gasteiger partial charge is 0.229 e. The van der Waals surface area contributed by atoms with E-state index in [1.807, 2.05) is 53.4 Å². The van der Waals surface area contributed by atoms with Gasteiger partial charge in [0.25, 0.3) is 0 Å². The second kappa shape index (κ2) is 9.76. The van der Waals surface area contributed by atoms with Gasteiger partial charge in [-0.05, 0) is 36.6 Å². The Morgan fingerprint density at radius 2 is 1.80 bits per heavy atom. The minimum absolute atomic E-state index is 0.00802. The van der Waals surface area contributed by atoms with Crippen LogP contribution in [0.25, 0.3) is 0 Å². The molecule has 30 heavy (non-hydrogen) atoms. The number of anilines is 2. The number of piperidine rings is 1. The van der Waals surface area contributed by atoms with Crippen LogP contribution in [0.4, 0.5) is 11.4 Å². The summed E-state index contributed by atoms with van der Waals surface area (Å²) < 4.78 is 5.42. The fraction of sp³-hybridized carbons (Fsp3) is 0.417. The van der Waals surface area contributed by atoms with Crippen molar-refractivity contribution in [3.8, 4) is 0 Å². The molecule has 1 unspecified atom stereocenters. The number of benzene rings is 2. The molecule has 158 valence electrons. The van der Waals surface area contributed by atoms with E-state index in [1.54, 1.807) is 0 Å². The summed E-state index contributed by atoms with van der Waals surface area (Å²) in [6.45, 7) is 4.39. The van der Waals surface area contributed by atoms with Crippen molar-refractivity contribution in [1.82, 2.24) is 4.90 Å². The van der Waals surface area contributed by atoms with Gasteiger partial charge in [-0.2, -0.15) is 0 Å². The first-order valence-corrected chi connectivity index (χ1v) is 10.7. The fourth-order valence-corrected chi connectivity index (χ4v) is 4.15. The zero-order valence-corrected chi connectivity index (χ0v) is 17.3. The van der Waals surface area contributed by atoms with Gasteiger partial charge < -0.3 is 19.9 Å². The normalized spacial score (nSPS) is 19.4. The number of rotatable bonds is 5. The highest BCUT2D eigenvalue weighted by Gasteiger charge is 2.28. The van der Waals surface area contributed by atoms with Gasteiger partial charge in [-0.3, -0.25) is 9.59 Å². The van der Waals surface area contributed by atoms with Crippen molar-refractivity contribution in [3.05, 3.63) is 60.2 Å². The molecular weight excluding hydrogens is 378 g/mol. The lowest BCUT2D eigenvalue weighted by molar-refractivity contribution is -0.133. The summed E-state index contributed by atoms with van der Waals surface area (Å²) in [5.41, 5.74) is 2.91. The number of carbonyl (C=O) groups excluding carboxylic acids is 2. The summed E-state index contributed by atoms with van der Waals surface area (Å²) >= 11 is 0. The molecule has 0 saturated carbocycles. The number of morpholine rings is 1. The Balaban J connectivity index is 1.34. The Bertz CT molecular complexity index is 865. The van der Waals surface area contributed by atoms with Crippen LogP contribution in [-0.2, 0) is 20.7 Å². The first kappa shape index (κ1) is 20.4. The summed E-state index contributed by atoms with van der Waals surface area (Å²) in [5, 5.41) is 3.07. The third-order valence-electron chi connectivity index (χ3n) is 5.83. The average molecular weight is 408 g/mol. The van der Waals surface area contributed by atoms with Gasteiger partial charge in [0.05, 0.1) is 25.6 Å². The van der Waals surface area contributed by atoms with Gasteiger partial charge in [-0.1, -0.05) is 36.4 Å². The monoisotopic (exact) mass is 407 g/mol. The van der Waals surface area contributed by atoms with Crippen LogP contribution < -0.4 is 10.2 Å². The predicted octanol–water partition coefficient (Wildman–Crippen LogP) is 2.94. The van der Waals surface area contributed by atoms with Crippen molar-refractivity contribution < 1.29 is 14.3 Å². The van der Waals surface area contributed by atoms with Gasteiger partial charge >= 0.3 is 0 Å². The highest BCUT2D eigenvalue weighted by atomic mass is 16.5. The lowest BCUT2D eigenvalue weighted by Crippen LogP contribution is -2.44. The Labute approximate surface area is 177 Å². The standard InChI is InChI=1S/C24H29N3O3/c28-23(16-19-6-2-1-3-7-19)27-11-5-8-20(18-27)24(29)25-21-9-4-10-22(17-21)26-12-14-30-15-13-26/h1-4,6-7,9-10,17,20H,5,8,11-16,18H2,(H,25,29). The molecule has 2 aromatic carbocycles. The van der Waals surface area contributed by atoms with Gasteiger partial charge in [0.2, 0.25) is 11.8 Å². The number of hydrogen-bond acceptors (Lipinski definition) is 4. The van der Waals surface area contributed by atoms with Crippen LogP contribution in [0.2, 0.25) is 0 Å². The van der Waals surface area contributed by atoms with Crippen molar-refractivity contribution in [2.24, 2.45) is 5.92 Å². The second-order valence-corrected chi connectivity index (χ2v) is 7.98. The molecule has 2 heterocycles. The van der Waals surface area contributed by atoms with Crippen molar-refractivity contribution in [2.45, 2.75) is 19.3 Å². The van der Waals surface area contributed by atoms with Crippen LogP contribution >= 0.6 is 0 Å². The van der Waals surface area contributed by atoms with Crippen molar-refractivity contribution >= 4 is 23.2 Å². The minimum Gasteiger partial charge on any atom is -0.378 e. The minimum atomic E-state index is -0.175. The molecule has 2 saturated heterocycles. The maximum Gasteiger partial charge on any atom is 0.229 e. The lowest BCUT2D eigenvalue weighted by atomic mass is 9.96. The maximum atomic E-state index is 12.9. The molecule has 6 nitrogen and oxygen atoms in total. The van der Waals surface area contributed by atoms with Crippen LogP contribution in [0.3, 0.4) is 0 Å². The highest BCUT2D eigenvalue weighted by Crippen LogP contribution is 2.23. The van der Waals surface area contributed by atoms with E-state index in [2.05, 4.69) is 16.3 Å². The predicted molar refractivity (Wildman–Crippen MR) is 118 cm³/mol. The van der Waals surface area contributed by atoms with Gasteiger partial charge in [-0.25, -0.2) is 0 Å². The summed E-state index contributed by atoms with van der Waals surface area (Å²) in [6, 6.07) is 17.7. The van der Waals surface area contributed by atoms with E-state index in [-0.39, 0.29) is 17.7 Å². The van der Waals surface area contributed by atoms with Crippen molar-refractivity contribution in [1.29, 1.82) is 0 Å². The Morgan fingerprint density at radius 1 is 1.00 bits per heavy atom. The molecule has 2 amide bonds. The number of hydrogen-bond donors (Lipinski definition) is 1. The van der Waals surface area contributed by atoms with Gasteiger partial charge in [0, 0.05) is 37.6 Å². The largest absolute Gasteiger partial charge is 0.378 e. The molecule has 2 aliphatic heterocycles. The molecule has 0 spiro atoms.